The molecule has 7 heteroatoms. The number of amides is 1. The summed E-state index contributed by atoms with van der Waals surface area (Å²) in [5.41, 5.74) is 3.72. The molecule has 1 heterocycles. The lowest BCUT2D eigenvalue weighted by atomic mass is 9.85. The number of carbonyl (C=O) groups excluding carboxylic acids is 1. The first-order valence-electron chi connectivity index (χ1n) is 11.7. The number of hydrogen-bond donors (Lipinski definition) is 2. The van der Waals surface area contributed by atoms with Crippen LogP contribution in [0.15, 0.2) is 23.2 Å². The summed E-state index contributed by atoms with van der Waals surface area (Å²) in [5, 5.41) is 7.01. The summed E-state index contributed by atoms with van der Waals surface area (Å²) in [6.07, 6.45) is 4.01. The highest BCUT2D eigenvalue weighted by Gasteiger charge is 2.30. The Morgan fingerprint density at radius 2 is 1.90 bits per heavy atom. The van der Waals surface area contributed by atoms with Gasteiger partial charge in [-0.05, 0) is 62.8 Å². The second kappa shape index (κ2) is 11.7. The van der Waals surface area contributed by atoms with Gasteiger partial charge in [0.25, 0.3) is 0 Å². The minimum Gasteiger partial charge on any atom is -0.378 e. The summed E-state index contributed by atoms with van der Waals surface area (Å²) in [5.74, 6) is 3.64. The Balaban J connectivity index is 1.53. The normalized spacial score (nSPS) is 22.2. The first-order chi connectivity index (χ1) is 15.0. The smallest absolute Gasteiger partial charge is 0.225 e. The zero-order valence-corrected chi connectivity index (χ0v) is 20.4. The van der Waals surface area contributed by atoms with E-state index in [2.05, 4.69) is 66.6 Å². The van der Waals surface area contributed by atoms with Gasteiger partial charge in [-0.1, -0.05) is 6.07 Å². The fraction of sp³-hybridized carbons (Fsp3) is 0.667. The molecular formula is C24H39N5OS. The molecule has 2 aliphatic rings. The molecule has 1 amide bonds. The molecule has 0 unspecified atom stereocenters. The van der Waals surface area contributed by atoms with E-state index in [1.807, 2.05) is 11.8 Å². The minimum absolute atomic E-state index is 0.207. The Kier molecular flexibility index (Phi) is 8.93. The maximum absolute atomic E-state index is 12.8. The Labute approximate surface area is 192 Å². The minimum atomic E-state index is 0.207. The molecule has 31 heavy (non-hydrogen) atoms. The van der Waals surface area contributed by atoms with Crippen molar-refractivity contribution in [2.45, 2.75) is 52.1 Å². The van der Waals surface area contributed by atoms with Crippen LogP contribution < -0.4 is 15.5 Å². The third-order valence-electron chi connectivity index (χ3n) is 6.33. The molecule has 0 atom stereocenters. The van der Waals surface area contributed by atoms with Crippen molar-refractivity contribution in [3.63, 3.8) is 0 Å². The van der Waals surface area contributed by atoms with Crippen molar-refractivity contribution in [1.29, 1.82) is 0 Å². The van der Waals surface area contributed by atoms with E-state index in [-0.39, 0.29) is 5.92 Å². The quantitative estimate of drug-likeness (QED) is 0.520. The predicted octanol–water partition coefficient (Wildman–Crippen LogP) is 3.25. The molecule has 0 spiro atoms. The molecular weight excluding hydrogens is 406 g/mol. The molecule has 172 valence electrons. The summed E-state index contributed by atoms with van der Waals surface area (Å²) < 4.78 is 0. The van der Waals surface area contributed by atoms with Gasteiger partial charge in [-0.2, -0.15) is 11.8 Å². The van der Waals surface area contributed by atoms with Crippen molar-refractivity contribution in [3.05, 3.63) is 29.3 Å². The highest BCUT2D eigenvalue weighted by Crippen LogP contribution is 2.27. The van der Waals surface area contributed by atoms with E-state index in [1.54, 1.807) is 0 Å². The largest absolute Gasteiger partial charge is 0.378 e. The summed E-state index contributed by atoms with van der Waals surface area (Å²) in [6.45, 7) is 7.60. The number of carbonyl (C=O) groups is 1. The topological polar surface area (TPSA) is 60.0 Å². The van der Waals surface area contributed by atoms with E-state index in [4.69, 9.17) is 4.99 Å². The number of anilines is 1. The zero-order chi connectivity index (χ0) is 22.2. The molecule has 1 aliphatic heterocycles. The van der Waals surface area contributed by atoms with Crippen LogP contribution in [-0.4, -0.2) is 68.0 Å². The van der Waals surface area contributed by atoms with Crippen molar-refractivity contribution in [2.75, 3.05) is 50.1 Å². The van der Waals surface area contributed by atoms with E-state index in [1.165, 1.54) is 16.8 Å². The molecule has 1 saturated heterocycles. The fourth-order valence-corrected chi connectivity index (χ4v) is 5.24. The molecule has 1 aromatic rings. The summed E-state index contributed by atoms with van der Waals surface area (Å²) in [6, 6.07) is 6.92. The van der Waals surface area contributed by atoms with Gasteiger partial charge in [0.1, 0.15) is 0 Å². The first kappa shape index (κ1) is 23.8. The second-order valence-electron chi connectivity index (χ2n) is 8.83. The van der Waals surface area contributed by atoms with Gasteiger partial charge < -0.3 is 20.4 Å². The Bertz CT molecular complexity index is 752. The van der Waals surface area contributed by atoms with Crippen LogP contribution >= 0.6 is 11.8 Å². The molecule has 0 radical (unpaired) electrons. The third-order valence-corrected chi connectivity index (χ3v) is 7.28. The Morgan fingerprint density at radius 3 is 2.52 bits per heavy atom. The lowest BCUT2D eigenvalue weighted by Crippen LogP contribution is -2.47. The average Bonchev–Trinajstić information content (AvgIpc) is 2.78. The van der Waals surface area contributed by atoms with Crippen LogP contribution in [0.1, 0.15) is 43.7 Å². The lowest BCUT2D eigenvalue weighted by Gasteiger charge is -2.34. The zero-order valence-electron chi connectivity index (χ0n) is 19.6. The SMILES string of the molecule is CCNC(=NCc1ccc(N(C)C)cc1C)NC1CCC(C(=O)N2CCSCC2)CC1. The van der Waals surface area contributed by atoms with Crippen LogP contribution in [-0.2, 0) is 11.3 Å². The molecule has 6 nitrogen and oxygen atoms in total. The van der Waals surface area contributed by atoms with Gasteiger partial charge in [-0.15, -0.1) is 0 Å². The van der Waals surface area contributed by atoms with E-state index in [0.29, 0.717) is 18.5 Å². The monoisotopic (exact) mass is 445 g/mol. The van der Waals surface area contributed by atoms with Crippen molar-refractivity contribution < 1.29 is 4.79 Å². The molecule has 1 saturated carbocycles. The van der Waals surface area contributed by atoms with E-state index in [0.717, 1.165) is 62.8 Å². The van der Waals surface area contributed by atoms with E-state index < -0.39 is 0 Å². The van der Waals surface area contributed by atoms with Crippen molar-refractivity contribution >= 4 is 29.3 Å². The maximum Gasteiger partial charge on any atom is 0.225 e. The number of aliphatic imine (C=N–C) groups is 1. The summed E-state index contributed by atoms with van der Waals surface area (Å²) >= 11 is 1.95. The maximum atomic E-state index is 12.8. The van der Waals surface area contributed by atoms with Crippen LogP contribution in [0.3, 0.4) is 0 Å². The van der Waals surface area contributed by atoms with Gasteiger partial charge >= 0.3 is 0 Å². The molecule has 0 bridgehead atoms. The van der Waals surface area contributed by atoms with Crippen LogP contribution in [0.2, 0.25) is 0 Å². The highest BCUT2D eigenvalue weighted by molar-refractivity contribution is 7.99. The molecule has 1 aromatic carbocycles. The predicted molar refractivity (Wildman–Crippen MR) is 133 cm³/mol. The number of rotatable bonds is 6. The molecule has 1 aliphatic carbocycles. The van der Waals surface area contributed by atoms with Gasteiger partial charge in [-0.25, -0.2) is 4.99 Å². The van der Waals surface area contributed by atoms with Crippen molar-refractivity contribution in [3.8, 4) is 0 Å². The molecule has 3 rings (SSSR count). The summed E-state index contributed by atoms with van der Waals surface area (Å²) in [4.78, 5) is 21.9. The van der Waals surface area contributed by atoms with Gasteiger partial charge in [0.05, 0.1) is 6.54 Å². The number of benzene rings is 1. The highest BCUT2D eigenvalue weighted by atomic mass is 32.2. The van der Waals surface area contributed by atoms with Gasteiger partial charge in [0, 0.05) is 62.9 Å². The van der Waals surface area contributed by atoms with Crippen molar-refractivity contribution in [2.24, 2.45) is 10.9 Å². The second-order valence-corrected chi connectivity index (χ2v) is 10.1. The lowest BCUT2D eigenvalue weighted by molar-refractivity contribution is -0.136. The van der Waals surface area contributed by atoms with E-state index >= 15 is 0 Å². The first-order valence-corrected chi connectivity index (χ1v) is 12.8. The number of thioether (sulfide) groups is 1. The van der Waals surface area contributed by atoms with Gasteiger partial charge in [0.2, 0.25) is 5.91 Å². The van der Waals surface area contributed by atoms with Gasteiger partial charge in [0.15, 0.2) is 5.96 Å². The average molecular weight is 446 g/mol. The fourth-order valence-electron chi connectivity index (χ4n) is 4.34. The molecule has 0 aromatic heterocycles. The summed E-state index contributed by atoms with van der Waals surface area (Å²) in [7, 11) is 4.13. The number of nitrogens with one attached hydrogen (secondary N) is 2. The molecule has 2 N–H and O–H groups in total. The van der Waals surface area contributed by atoms with E-state index in [9.17, 15) is 4.79 Å². The molecule has 2 fully saturated rings. The number of hydrogen-bond acceptors (Lipinski definition) is 4. The number of aryl methyl sites for hydroxylation is 1. The number of nitrogens with zero attached hydrogens (tertiary/aromatic N) is 3. The van der Waals surface area contributed by atoms with Crippen LogP contribution in [0, 0.1) is 12.8 Å². The van der Waals surface area contributed by atoms with Crippen LogP contribution in [0.5, 0.6) is 0 Å². The van der Waals surface area contributed by atoms with Gasteiger partial charge in [-0.3, -0.25) is 4.79 Å². The third kappa shape index (κ3) is 6.79. The number of guanidine groups is 1. The van der Waals surface area contributed by atoms with Crippen LogP contribution in [0.25, 0.3) is 0 Å². The Hall–Kier alpha value is -1.89. The standard InChI is InChI=1S/C24H39N5OS/c1-5-25-24(26-17-20-8-11-22(28(3)4)16-18(20)2)27-21-9-6-19(7-10-21)23(30)29-12-14-31-15-13-29/h8,11,16,19,21H,5-7,9-10,12-15,17H2,1-4H3,(H2,25,26,27). The van der Waals surface area contributed by atoms with Crippen LogP contribution in [0.4, 0.5) is 5.69 Å². The van der Waals surface area contributed by atoms with Crippen molar-refractivity contribution in [1.82, 2.24) is 15.5 Å². The Morgan fingerprint density at radius 1 is 1.19 bits per heavy atom.